The molecule has 0 atom stereocenters. The molecule has 0 aliphatic rings. The van der Waals surface area contributed by atoms with E-state index in [0.717, 1.165) is 16.1 Å². The second kappa shape index (κ2) is 10.9. The molecule has 0 fully saturated rings. The Hall–Kier alpha value is -1.57. The fourth-order valence-corrected chi connectivity index (χ4v) is 1.17. The zero-order valence-electron chi connectivity index (χ0n) is 11.9. The third-order valence-corrected chi connectivity index (χ3v) is 1.88. The molecule has 0 saturated heterocycles. The predicted octanol–water partition coefficient (Wildman–Crippen LogP) is 2.50. The smallest absolute Gasteiger partial charge is 0.251 e. The number of aromatic nitrogens is 1. The van der Waals surface area contributed by atoms with E-state index < -0.39 is 0 Å². The highest BCUT2D eigenvalue weighted by Crippen LogP contribution is 1.76. The fourth-order valence-electron chi connectivity index (χ4n) is 1.17. The van der Waals surface area contributed by atoms with Crippen LogP contribution in [0, 0.1) is 6.92 Å². The number of nitrogens with one attached hydrogen (secondary N) is 1. The van der Waals surface area contributed by atoms with E-state index in [0.29, 0.717) is 0 Å². The van der Waals surface area contributed by atoms with Crippen LogP contribution in [-0.2, 0) is 0 Å². The van der Waals surface area contributed by atoms with Gasteiger partial charge in [-0.2, -0.15) is 0 Å². The van der Waals surface area contributed by atoms with Gasteiger partial charge >= 0.3 is 0 Å². The molecule has 0 radical (unpaired) electrons. The number of hydrogen-bond donors (Lipinski definition) is 1. The molecule has 2 nitrogen and oxygen atoms in total. The van der Waals surface area contributed by atoms with Crippen molar-refractivity contribution in [2.24, 2.45) is 0 Å². The van der Waals surface area contributed by atoms with E-state index in [2.05, 4.69) is 11.6 Å². The van der Waals surface area contributed by atoms with Gasteiger partial charge in [0.15, 0.2) is 0 Å². The van der Waals surface area contributed by atoms with Crippen molar-refractivity contribution in [2.45, 2.75) is 41.5 Å². The molecule has 0 unspecified atom stereocenters. The second-order valence-electron chi connectivity index (χ2n) is 2.84. The molecule has 0 bridgehead atoms. The van der Waals surface area contributed by atoms with Crippen LogP contribution in [0.5, 0.6) is 0 Å². The maximum Gasteiger partial charge on any atom is 0.251 e. The minimum atomic E-state index is -0.0330. The number of H-pyrrole nitrogens is 1. The van der Waals surface area contributed by atoms with Crippen molar-refractivity contribution in [2.75, 3.05) is 0 Å². The van der Waals surface area contributed by atoms with Crippen molar-refractivity contribution in [3.05, 3.63) is 45.2 Å². The quantitative estimate of drug-likeness (QED) is 0.797. The molecule has 1 rings (SSSR count). The van der Waals surface area contributed by atoms with Gasteiger partial charge in [0, 0.05) is 10.9 Å². The molecule has 0 aliphatic carbocycles. The molecule has 2 heteroatoms. The Morgan fingerprint density at radius 3 is 2.18 bits per heavy atom. The lowest BCUT2D eigenvalue weighted by atomic mass is 10.2. The van der Waals surface area contributed by atoms with Gasteiger partial charge in [0.25, 0.3) is 5.56 Å². The molecule has 96 valence electrons. The van der Waals surface area contributed by atoms with Gasteiger partial charge in [-0.15, -0.1) is 0 Å². The van der Waals surface area contributed by atoms with E-state index in [1.165, 1.54) is 0 Å². The first-order chi connectivity index (χ1) is 8.19. The van der Waals surface area contributed by atoms with Gasteiger partial charge in [0.2, 0.25) is 0 Å². The summed E-state index contributed by atoms with van der Waals surface area (Å²) < 4.78 is 0. The van der Waals surface area contributed by atoms with Crippen LogP contribution in [0.15, 0.2) is 23.5 Å². The summed E-state index contributed by atoms with van der Waals surface area (Å²) in [6.45, 7) is 15.3. The van der Waals surface area contributed by atoms with Crippen LogP contribution in [0.3, 0.4) is 0 Å². The van der Waals surface area contributed by atoms with Gasteiger partial charge < -0.3 is 4.98 Å². The van der Waals surface area contributed by atoms with E-state index in [9.17, 15) is 4.79 Å². The fraction of sp³-hybridized carbons (Fsp3) is 0.400. The van der Waals surface area contributed by atoms with E-state index >= 15 is 0 Å². The topological polar surface area (TPSA) is 32.9 Å². The summed E-state index contributed by atoms with van der Waals surface area (Å²) in [5.41, 5.74) is 0.688. The maximum absolute atomic E-state index is 11.2. The lowest BCUT2D eigenvalue weighted by Gasteiger charge is -1.92. The van der Waals surface area contributed by atoms with Crippen LogP contribution in [0.4, 0.5) is 0 Å². The zero-order chi connectivity index (χ0) is 13.8. The van der Waals surface area contributed by atoms with E-state index in [4.69, 9.17) is 0 Å². The predicted molar refractivity (Wildman–Crippen MR) is 78.5 cm³/mol. The van der Waals surface area contributed by atoms with Crippen LogP contribution in [0.2, 0.25) is 0 Å². The Balaban J connectivity index is 0. The first kappa shape index (κ1) is 17.8. The van der Waals surface area contributed by atoms with Crippen molar-refractivity contribution < 1.29 is 0 Å². The number of rotatable bonds is 1. The summed E-state index contributed by atoms with van der Waals surface area (Å²) in [7, 11) is 0. The molecule has 0 saturated carbocycles. The van der Waals surface area contributed by atoms with Crippen molar-refractivity contribution in [3.63, 3.8) is 0 Å². The summed E-state index contributed by atoms with van der Waals surface area (Å²) in [6, 6.07) is 1.86. The van der Waals surface area contributed by atoms with Gasteiger partial charge in [-0.1, -0.05) is 52.5 Å². The van der Waals surface area contributed by atoms with E-state index in [-0.39, 0.29) is 5.56 Å². The molecule has 1 aromatic heterocycles. The van der Waals surface area contributed by atoms with Crippen molar-refractivity contribution >= 4 is 12.2 Å². The molecular formula is C15H25NO. The molecule has 1 heterocycles. The Morgan fingerprint density at radius 1 is 1.24 bits per heavy atom. The molecular weight excluding hydrogens is 210 g/mol. The van der Waals surface area contributed by atoms with Crippen LogP contribution >= 0.6 is 0 Å². The van der Waals surface area contributed by atoms with Crippen LogP contribution < -0.4 is 16.1 Å². The first-order valence-electron chi connectivity index (χ1n) is 6.18. The highest BCUT2D eigenvalue weighted by molar-refractivity contribution is 5.37. The van der Waals surface area contributed by atoms with Crippen molar-refractivity contribution in [1.29, 1.82) is 0 Å². The summed E-state index contributed by atoms with van der Waals surface area (Å²) in [4.78, 5) is 14.0. The van der Waals surface area contributed by atoms with Gasteiger partial charge in [-0.3, -0.25) is 4.79 Å². The number of hydrogen-bond acceptors (Lipinski definition) is 1. The highest BCUT2D eigenvalue weighted by atomic mass is 16.1. The van der Waals surface area contributed by atoms with E-state index in [1.54, 1.807) is 13.0 Å². The number of aromatic amines is 1. The lowest BCUT2D eigenvalue weighted by molar-refractivity contribution is 1.11. The van der Waals surface area contributed by atoms with Crippen LogP contribution in [0.25, 0.3) is 12.2 Å². The monoisotopic (exact) mass is 235 g/mol. The van der Waals surface area contributed by atoms with Crippen molar-refractivity contribution in [3.8, 4) is 0 Å². The molecule has 17 heavy (non-hydrogen) atoms. The number of allylic oxidation sites excluding steroid dienone is 1. The zero-order valence-corrected chi connectivity index (χ0v) is 11.9. The summed E-state index contributed by atoms with van der Waals surface area (Å²) >= 11 is 0. The van der Waals surface area contributed by atoms with Gasteiger partial charge in [0.1, 0.15) is 0 Å². The van der Waals surface area contributed by atoms with Crippen LogP contribution in [0.1, 0.15) is 40.2 Å². The second-order valence-corrected chi connectivity index (χ2v) is 2.84. The largest absolute Gasteiger partial charge is 0.322 e. The average molecular weight is 235 g/mol. The normalized spacial score (nSPS) is 10.9. The first-order valence-corrected chi connectivity index (χ1v) is 6.18. The Labute approximate surface area is 104 Å². The van der Waals surface area contributed by atoms with E-state index in [1.807, 2.05) is 52.8 Å². The van der Waals surface area contributed by atoms with Crippen molar-refractivity contribution in [1.82, 2.24) is 4.98 Å². The Morgan fingerprint density at radius 2 is 1.76 bits per heavy atom. The Kier molecular flexibility index (Phi) is 11.5. The summed E-state index contributed by atoms with van der Waals surface area (Å²) in [6.07, 6.45) is 5.45. The van der Waals surface area contributed by atoms with Gasteiger partial charge in [-0.05, 0) is 25.1 Å². The summed E-state index contributed by atoms with van der Waals surface area (Å²) in [5, 5.41) is 1.84. The molecule has 0 aliphatic heterocycles. The van der Waals surface area contributed by atoms with Gasteiger partial charge in [-0.25, -0.2) is 0 Å². The highest BCUT2D eigenvalue weighted by Gasteiger charge is 1.91. The SMILES string of the molecule is C=C/C=c1/cc(C)c(=O)[nH]/c1=C/C.CC.CC. The summed E-state index contributed by atoms with van der Waals surface area (Å²) in [5.74, 6) is 0. The minimum Gasteiger partial charge on any atom is -0.322 e. The standard InChI is InChI=1S/C11H13NO.2C2H6/c1-4-6-9-7-8(3)11(13)12-10(9)5-2;2*1-2/h4-7H,1H2,2-3H3,(H,12,13);2*1-2H3/b9-6-,10-5+;;. The third-order valence-electron chi connectivity index (χ3n) is 1.88. The molecule has 1 N–H and O–H groups in total. The van der Waals surface area contributed by atoms with Crippen LogP contribution in [-0.4, -0.2) is 4.98 Å². The average Bonchev–Trinajstić information content (AvgIpc) is 2.38. The maximum atomic E-state index is 11.2. The molecule has 0 spiro atoms. The Bertz CT molecular complexity index is 481. The molecule has 1 aromatic rings. The lowest BCUT2D eigenvalue weighted by Crippen LogP contribution is -2.34. The number of aryl methyl sites for hydroxylation is 1. The molecule has 0 aromatic carbocycles. The third kappa shape index (κ3) is 5.91. The molecule has 0 amide bonds. The van der Waals surface area contributed by atoms with Gasteiger partial charge in [0.05, 0.1) is 0 Å². The number of pyridine rings is 1. The minimum absolute atomic E-state index is 0.0330.